The third-order valence-corrected chi connectivity index (χ3v) is 2.52. The van der Waals surface area contributed by atoms with Crippen LogP contribution in [0.2, 0.25) is 0 Å². The van der Waals surface area contributed by atoms with Crippen LogP contribution >= 0.6 is 0 Å². The van der Waals surface area contributed by atoms with E-state index in [0.29, 0.717) is 0 Å². The number of alkyl halides is 3. The molecule has 2 aromatic carbocycles. The molecular weight excluding hydrogens is 246 g/mol. The molecule has 0 aliphatic rings. The van der Waals surface area contributed by atoms with Gasteiger partial charge < -0.3 is 5.73 Å². The molecule has 0 aromatic heterocycles. The van der Waals surface area contributed by atoms with Gasteiger partial charge in [0, 0.05) is 11.3 Å². The maximum absolute atomic E-state index is 13.1. The molecule has 94 valence electrons. The summed E-state index contributed by atoms with van der Waals surface area (Å²) in [4.78, 5) is 0. The van der Waals surface area contributed by atoms with Crippen molar-refractivity contribution in [3.8, 4) is 11.1 Å². The molecule has 0 heterocycles. The van der Waals surface area contributed by atoms with E-state index in [2.05, 4.69) is 0 Å². The van der Waals surface area contributed by atoms with Gasteiger partial charge in [-0.05, 0) is 35.9 Å². The predicted molar refractivity (Wildman–Crippen MR) is 61.3 cm³/mol. The number of rotatable bonds is 1. The van der Waals surface area contributed by atoms with Gasteiger partial charge in [-0.2, -0.15) is 13.2 Å². The summed E-state index contributed by atoms with van der Waals surface area (Å²) in [6.07, 6.45) is -4.43. The topological polar surface area (TPSA) is 26.0 Å². The van der Waals surface area contributed by atoms with Gasteiger partial charge >= 0.3 is 6.18 Å². The molecule has 0 atom stereocenters. The molecule has 2 aromatic rings. The molecule has 0 saturated carbocycles. The van der Waals surface area contributed by atoms with Crippen LogP contribution in [0.1, 0.15) is 5.56 Å². The molecule has 0 unspecified atom stereocenters. The molecule has 0 bridgehead atoms. The Morgan fingerprint density at radius 3 is 2.33 bits per heavy atom. The fourth-order valence-electron chi connectivity index (χ4n) is 1.64. The van der Waals surface area contributed by atoms with E-state index >= 15 is 0 Å². The largest absolute Gasteiger partial charge is 0.416 e. The molecule has 0 spiro atoms. The number of nitrogen functional groups attached to an aromatic ring is 1. The Morgan fingerprint density at radius 1 is 0.944 bits per heavy atom. The normalized spacial score (nSPS) is 11.6. The van der Waals surface area contributed by atoms with E-state index in [1.54, 1.807) is 0 Å². The summed E-state index contributed by atoms with van der Waals surface area (Å²) in [7, 11) is 0. The van der Waals surface area contributed by atoms with Crippen molar-refractivity contribution in [2.24, 2.45) is 0 Å². The second-order valence-corrected chi connectivity index (χ2v) is 3.81. The first-order valence-corrected chi connectivity index (χ1v) is 5.10. The smallest absolute Gasteiger partial charge is 0.398 e. The van der Waals surface area contributed by atoms with Crippen molar-refractivity contribution in [1.82, 2.24) is 0 Å². The summed E-state index contributed by atoms with van der Waals surface area (Å²) in [6, 6.07) is 8.23. The van der Waals surface area contributed by atoms with Crippen molar-refractivity contribution in [2.45, 2.75) is 6.18 Å². The molecule has 0 saturated heterocycles. The second kappa shape index (κ2) is 4.33. The van der Waals surface area contributed by atoms with Gasteiger partial charge in [0.1, 0.15) is 5.82 Å². The lowest BCUT2D eigenvalue weighted by Gasteiger charge is -2.10. The van der Waals surface area contributed by atoms with Gasteiger partial charge in [-0.15, -0.1) is 0 Å². The molecule has 0 aliphatic carbocycles. The molecule has 2 rings (SSSR count). The van der Waals surface area contributed by atoms with Crippen LogP contribution in [-0.4, -0.2) is 0 Å². The standard InChI is InChI=1S/C13H9F4N/c14-10-4-5-12(18)11(7-10)8-2-1-3-9(6-8)13(15,16)17/h1-7H,18H2. The highest BCUT2D eigenvalue weighted by Gasteiger charge is 2.30. The summed E-state index contributed by atoms with van der Waals surface area (Å²) in [6.45, 7) is 0. The van der Waals surface area contributed by atoms with E-state index in [0.717, 1.165) is 24.3 Å². The molecule has 0 fully saturated rings. The van der Waals surface area contributed by atoms with Crippen LogP contribution in [0.5, 0.6) is 0 Å². The van der Waals surface area contributed by atoms with E-state index in [1.165, 1.54) is 18.2 Å². The number of benzene rings is 2. The third kappa shape index (κ3) is 2.45. The van der Waals surface area contributed by atoms with Gasteiger partial charge in [-0.3, -0.25) is 0 Å². The van der Waals surface area contributed by atoms with Crippen molar-refractivity contribution in [3.05, 3.63) is 53.8 Å². The Hall–Kier alpha value is -2.04. The van der Waals surface area contributed by atoms with Crippen molar-refractivity contribution >= 4 is 5.69 Å². The Kier molecular flexibility index (Phi) is 2.98. The summed E-state index contributed by atoms with van der Waals surface area (Å²) in [5.74, 6) is -0.545. The Balaban J connectivity index is 2.55. The molecule has 0 radical (unpaired) electrons. The zero-order valence-corrected chi connectivity index (χ0v) is 9.13. The second-order valence-electron chi connectivity index (χ2n) is 3.81. The molecule has 18 heavy (non-hydrogen) atoms. The SMILES string of the molecule is Nc1ccc(F)cc1-c1cccc(C(F)(F)F)c1. The lowest BCUT2D eigenvalue weighted by atomic mass is 10.0. The van der Waals surface area contributed by atoms with Crippen LogP contribution in [0, 0.1) is 5.82 Å². The zero-order chi connectivity index (χ0) is 13.3. The average Bonchev–Trinajstić information content (AvgIpc) is 2.31. The fraction of sp³-hybridized carbons (Fsp3) is 0.0769. The van der Waals surface area contributed by atoms with Gasteiger partial charge in [0.05, 0.1) is 5.56 Å². The molecule has 0 amide bonds. The van der Waals surface area contributed by atoms with E-state index in [-0.39, 0.29) is 16.8 Å². The quantitative estimate of drug-likeness (QED) is 0.602. The average molecular weight is 255 g/mol. The van der Waals surface area contributed by atoms with Crippen LogP contribution in [0.25, 0.3) is 11.1 Å². The summed E-state index contributed by atoms with van der Waals surface area (Å²) in [5, 5.41) is 0. The van der Waals surface area contributed by atoms with Crippen molar-refractivity contribution in [3.63, 3.8) is 0 Å². The highest BCUT2D eigenvalue weighted by molar-refractivity contribution is 5.76. The monoisotopic (exact) mass is 255 g/mol. The van der Waals surface area contributed by atoms with E-state index in [4.69, 9.17) is 5.73 Å². The zero-order valence-electron chi connectivity index (χ0n) is 9.13. The van der Waals surface area contributed by atoms with Gasteiger partial charge in [-0.25, -0.2) is 4.39 Å². The van der Waals surface area contributed by atoms with Gasteiger partial charge in [0.2, 0.25) is 0 Å². The highest BCUT2D eigenvalue weighted by atomic mass is 19.4. The number of anilines is 1. The minimum absolute atomic E-state index is 0.232. The van der Waals surface area contributed by atoms with Crippen LogP contribution in [0.3, 0.4) is 0 Å². The first kappa shape index (κ1) is 12.4. The molecular formula is C13H9F4N. The first-order valence-electron chi connectivity index (χ1n) is 5.10. The first-order chi connectivity index (χ1) is 8.38. The van der Waals surface area contributed by atoms with Crippen LogP contribution in [0.15, 0.2) is 42.5 Å². The lowest BCUT2D eigenvalue weighted by molar-refractivity contribution is -0.137. The number of hydrogen-bond acceptors (Lipinski definition) is 1. The lowest BCUT2D eigenvalue weighted by Crippen LogP contribution is -2.04. The number of hydrogen-bond donors (Lipinski definition) is 1. The maximum Gasteiger partial charge on any atom is 0.416 e. The summed E-state index contributed by atoms with van der Waals surface area (Å²) in [5.41, 5.74) is 5.57. The molecule has 0 aliphatic heterocycles. The van der Waals surface area contributed by atoms with Gasteiger partial charge in [0.15, 0.2) is 0 Å². The Morgan fingerprint density at radius 2 is 1.67 bits per heavy atom. The highest BCUT2D eigenvalue weighted by Crippen LogP contribution is 2.33. The van der Waals surface area contributed by atoms with Crippen LogP contribution < -0.4 is 5.73 Å². The minimum Gasteiger partial charge on any atom is -0.398 e. The van der Waals surface area contributed by atoms with Gasteiger partial charge in [0.25, 0.3) is 0 Å². The molecule has 2 N–H and O–H groups in total. The predicted octanol–water partition coefficient (Wildman–Crippen LogP) is 4.09. The van der Waals surface area contributed by atoms with Crippen LogP contribution in [-0.2, 0) is 6.18 Å². The summed E-state index contributed by atoms with van der Waals surface area (Å²) >= 11 is 0. The minimum atomic E-state index is -4.43. The number of nitrogens with two attached hydrogens (primary N) is 1. The fourth-order valence-corrected chi connectivity index (χ4v) is 1.64. The van der Waals surface area contributed by atoms with Crippen molar-refractivity contribution < 1.29 is 17.6 Å². The van der Waals surface area contributed by atoms with Crippen molar-refractivity contribution in [2.75, 3.05) is 5.73 Å². The number of halogens is 4. The van der Waals surface area contributed by atoms with E-state index in [9.17, 15) is 17.6 Å². The van der Waals surface area contributed by atoms with E-state index < -0.39 is 17.6 Å². The molecule has 1 nitrogen and oxygen atoms in total. The summed E-state index contributed by atoms with van der Waals surface area (Å²) < 4.78 is 50.8. The molecule has 5 heteroatoms. The van der Waals surface area contributed by atoms with Crippen LogP contribution in [0.4, 0.5) is 23.2 Å². The Labute approximate surface area is 101 Å². The third-order valence-electron chi connectivity index (χ3n) is 2.52. The van der Waals surface area contributed by atoms with E-state index in [1.807, 2.05) is 0 Å². The van der Waals surface area contributed by atoms with Gasteiger partial charge in [-0.1, -0.05) is 12.1 Å². The van der Waals surface area contributed by atoms with Crippen molar-refractivity contribution in [1.29, 1.82) is 0 Å². The maximum atomic E-state index is 13.1. The Bertz CT molecular complexity index is 575.